The normalized spacial score (nSPS) is 29.3. The lowest BCUT2D eigenvalue weighted by Crippen LogP contribution is -2.59. The molecule has 0 bridgehead atoms. The maximum absolute atomic E-state index is 3.66. The lowest BCUT2D eigenvalue weighted by molar-refractivity contribution is 0.0465. The summed E-state index contributed by atoms with van der Waals surface area (Å²) in [5, 5.41) is 3.66. The minimum atomic E-state index is 0.293. The predicted molar refractivity (Wildman–Crippen MR) is 76.3 cm³/mol. The highest BCUT2D eigenvalue weighted by atomic mass is 15.2. The molecule has 1 rings (SSSR count). The van der Waals surface area contributed by atoms with Crippen molar-refractivity contribution in [3.05, 3.63) is 0 Å². The third-order valence-corrected chi connectivity index (χ3v) is 3.94. The summed E-state index contributed by atoms with van der Waals surface area (Å²) in [4.78, 5) is 2.72. The number of nitrogens with zero attached hydrogens (tertiary/aromatic N) is 1. The van der Waals surface area contributed by atoms with Crippen molar-refractivity contribution < 1.29 is 0 Å². The summed E-state index contributed by atoms with van der Waals surface area (Å²) in [7, 11) is 0. The molecular formula is C15H32N2. The van der Waals surface area contributed by atoms with Gasteiger partial charge in [-0.15, -0.1) is 0 Å². The van der Waals surface area contributed by atoms with Crippen LogP contribution in [0.5, 0.6) is 0 Å². The molecule has 102 valence electrons. The van der Waals surface area contributed by atoms with E-state index in [0.717, 1.165) is 24.4 Å². The zero-order valence-corrected chi connectivity index (χ0v) is 12.9. The van der Waals surface area contributed by atoms with E-state index in [1.165, 1.54) is 13.0 Å². The molecule has 0 amide bonds. The van der Waals surface area contributed by atoms with Crippen molar-refractivity contribution in [1.29, 1.82) is 0 Å². The Morgan fingerprint density at radius 3 is 2.29 bits per heavy atom. The Bertz CT molecular complexity index is 233. The van der Waals surface area contributed by atoms with Gasteiger partial charge in [-0.1, -0.05) is 20.8 Å². The Morgan fingerprint density at radius 1 is 1.24 bits per heavy atom. The van der Waals surface area contributed by atoms with Crippen molar-refractivity contribution in [2.45, 2.75) is 72.5 Å². The third-order valence-electron chi connectivity index (χ3n) is 3.94. The molecule has 0 saturated carbocycles. The molecule has 0 aromatic carbocycles. The number of rotatable bonds is 4. The van der Waals surface area contributed by atoms with Gasteiger partial charge in [0, 0.05) is 24.2 Å². The Morgan fingerprint density at radius 2 is 1.82 bits per heavy atom. The molecule has 1 fully saturated rings. The van der Waals surface area contributed by atoms with Crippen molar-refractivity contribution in [2.75, 3.05) is 13.1 Å². The minimum absolute atomic E-state index is 0.293. The molecule has 2 nitrogen and oxygen atoms in total. The van der Waals surface area contributed by atoms with E-state index >= 15 is 0 Å². The van der Waals surface area contributed by atoms with Gasteiger partial charge in [0.05, 0.1) is 0 Å². The highest BCUT2D eigenvalue weighted by Gasteiger charge is 2.36. The van der Waals surface area contributed by atoms with Crippen LogP contribution in [-0.4, -0.2) is 35.6 Å². The molecular weight excluding hydrogens is 208 g/mol. The molecule has 0 aromatic heterocycles. The number of nitrogens with one attached hydrogen (secondary N) is 1. The zero-order valence-electron chi connectivity index (χ0n) is 12.9. The lowest BCUT2D eigenvalue weighted by atomic mass is 9.82. The van der Waals surface area contributed by atoms with Crippen LogP contribution in [0.3, 0.4) is 0 Å². The second kappa shape index (κ2) is 5.71. The monoisotopic (exact) mass is 240 g/mol. The molecule has 0 spiro atoms. The molecule has 1 heterocycles. The average Bonchev–Trinajstić information content (AvgIpc) is 2.18. The second-order valence-electron chi connectivity index (χ2n) is 7.20. The maximum atomic E-state index is 3.66. The fourth-order valence-electron chi connectivity index (χ4n) is 2.96. The fourth-order valence-corrected chi connectivity index (χ4v) is 2.96. The average molecular weight is 240 g/mol. The van der Waals surface area contributed by atoms with Crippen LogP contribution < -0.4 is 5.32 Å². The van der Waals surface area contributed by atoms with Crippen molar-refractivity contribution in [3.63, 3.8) is 0 Å². The first kappa shape index (κ1) is 15.0. The van der Waals surface area contributed by atoms with Crippen molar-refractivity contribution in [3.8, 4) is 0 Å². The summed E-state index contributed by atoms with van der Waals surface area (Å²) < 4.78 is 0. The van der Waals surface area contributed by atoms with E-state index in [-0.39, 0.29) is 0 Å². The van der Waals surface area contributed by atoms with Crippen LogP contribution in [0.25, 0.3) is 0 Å². The first-order chi connectivity index (χ1) is 7.73. The van der Waals surface area contributed by atoms with Crippen LogP contribution in [0.1, 0.15) is 54.9 Å². The quantitative estimate of drug-likeness (QED) is 0.812. The first-order valence-electron chi connectivity index (χ1n) is 7.23. The van der Waals surface area contributed by atoms with Gasteiger partial charge in [0.15, 0.2) is 0 Å². The number of piperidine rings is 1. The molecule has 1 aliphatic heterocycles. The van der Waals surface area contributed by atoms with Crippen molar-refractivity contribution >= 4 is 0 Å². The van der Waals surface area contributed by atoms with Crippen LogP contribution in [0.4, 0.5) is 0 Å². The van der Waals surface area contributed by atoms with E-state index in [0.29, 0.717) is 11.6 Å². The van der Waals surface area contributed by atoms with E-state index < -0.39 is 0 Å². The molecule has 1 saturated heterocycles. The third kappa shape index (κ3) is 4.26. The van der Waals surface area contributed by atoms with Crippen LogP contribution in [0.2, 0.25) is 0 Å². The minimum Gasteiger partial charge on any atom is -0.311 e. The van der Waals surface area contributed by atoms with E-state index in [2.05, 4.69) is 58.7 Å². The summed E-state index contributed by atoms with van der Waals surface area (Å²) in [5.41, 5.74) is 0.293. The summed E-state index contributed by atoms with van der Waals surface area (Å²) in [6.07, 6.45) is 1.26. The zero-order chi connectivity index (χ0) is 13.2. The number of hydrogen-bond donors (Lipinski definition) is 1. The molecule has 2 atom stereocenters. The van der Waals surface area contributed by atoms with Gasteiger partial charge in [0.25, 0.3) is 0 Å². The van der Waals surface area contributed by atoms with Gasteiger partial charge in [-0.3, -0.25) is 4.90 Å². The van der Waals surface area contributed by atoms with Gasteiger partial charge in [-0.05, 0) is 52.5 Å². The predicted octanol–water partition coefficient (Wildman–Crippen LogP) is 3.13. The highest BCUT2D eigenvalue weighted by Crippen LogP contribution is 2.28. The van der Waals surface area contributed by atoms with Gasteiger partial charge < -0.3 is 5.32 Å². The molecule has 1 aliphatic rings. The Balaban J connectivity index is 2.76. The van der Waals surface area contributed by atoms with Gasteiger partial charge in [0.1, 0.15) is 0 Å². The fraction of sp³-hybridized carbons (Fsp3) is 1.00. The molecule has 0 aliphatic carbocycles. The van der Waals surface area contributed by atoms with Gasteiger partial charge in [0.2, 0.25) is 0 Å². The second-order valence-corrected chi connectivity index (χ2v) is 7.20. The molecule has 0 aromatic rings. The Hall–Kier alpha value is -0.0800. The van der Waals surface area contributed by atoms with Crippen LogP contribution in [0, 0.1) is 11.8 Å². The molecule has 1 N–H and O–H groups in total. The smallest absolute Gasteiger partial charge is 0.0153 e. The van der Waals surface area contributed by atoms with Crippen LogP contribution in [-0.2, 0) is 0 Å². The molecule has 17 heavy (non-hydrogen) atoms. The first-order valence-corrected chi connectivity index (χ1v) is 7.23. The SMILES string of the molecule is CC(C)CN(C(C)C)C1CC(C)(C)NCC1C. The van der Waals surface area contributed by atoms with Crippen molar-refractivity contribution in [1.82, 2.24) is 10.2 Å². The van der Waals surface area contributed by atoms with Crippen LogP contribution >= 0.6 is 0 Å². The van der Waals surface area contributed by atoms with E-state index in [1.54, 1.807) is 0 Å². The standard InChI is InChI=1S/C15H32N2/c1-11(2)10-17(12(3)4)14-8-15(6,7)16-9-13(14)5/h11-14,16H,8-10H2,1-7H3. The van der Waals surface area contributed by atoms with Crippen molar-refractivity contribution in [2.24, 2.45) is 11.8 Å². The molecule has 2 heteroatoms. The summed E-state index contributed by atoms with van der Waals surface area (Å²) in [6, 6.07) is 1.38. The summed E-state index contributed by atoms with van der Waals surface area (Å²) in [6.45, 7) is 18.8. The Kier molecular flexibility index (Phi) is 5.03. The summed E-state index contributed by atoms with van der Waals surface area (Å²) >= 11 is 0. The van der Waals surface area contributed by atoms with Gasteiger partial charge in [-0.2, -0.15) is 0 Å². The van der Waals surface area contributed by atoms with Gasteiger partial charge >= 0.3 is 0 Å². The topological polar surface area (TPSA) is 15.3 Å². The maximum Gasteiger partial charge on any atom is 0.0153 e. The van der Waals surface area contributed by atoms with E-state index in [1.807, 2.05) is 0 Å². The molecule has 2 unspecified atom stereocenters. The largest absolute Gasteiger partial charge is 0.311 e. The highest BCUT2D eigenvalue weighted by molar-refractivity contribution is 4.94. The molecule has 0 radical (unpaired) electrons. The van der Waals surface area contributed by atoms with E-state index in [4.69, 9.17) is 0 Å². The Labute approximate surface area is 108 Å². The number of hydrogen-bond acceptors (Lipinski definition) is 2. The lowest BCUT2D eigenvalue weighted by Gasteiger charge is -2.47. The van der Waals surface area contributed by atoms with Gasteiger partial charge in [-0.25, -0.2) is 0 Å². The summed E-state index contributed by atoms with van der Waals surface area (Å²) in [5.74, 6) is 1.51. The van der Waals surface area contributed by atoms with Crippen LogP contribution in [0.15, 0.2) is 0 Å². The van der Waals surface area contributed by atoms with E-state index in [9.17, 15) is 0 Å².